The summed E-state index contributed by atoms with van der Waals surface area (Å²) in [6.45, 7) is 2.50. The second kappa shape index (κ2) is 5.38. The van der Waals surface area contributed by atoms with E-state index in [0.29, 0.717) is 18.5 Å². The molecule has 2 rings (SSSR count). The summed E-state index contributed by atoms with van der Waals surface area (Å²) in [5.41, 5.74) is -0.828. The lowest BCUT2D eigenvalue weighted by molar-refractivity contribution is -0.384. The van der Waals surface area contributed by atoms with Gasteiger partial charge in [-0.1, -0.05) is 11.6 Å². The molecule has 0 radical (unpaired) electrons. The molecule has 20 heavy (non-hydrogen) atoms. The van der Waals surface area contributed by atoms with Crippen LogP contribution in [-0.4, -0.2) is 39.5 Å². The van der Waals surface area contributed by atoms with Gasteiger partial charge in [-0.25, -0.2) is 0 Å². The molecule has 1 N–H and O–H groups in total. The van der Waals surface area contributed by atoms with Crippen LogP contribution in [0.25, 0.3) is 0 Å². The zero-order valence-electron chi connectivity index (χ0n) is 11.0. The smallest absolute Gasteiger partial charge is 0.287 e. The molecular formula is C13H15ClN2O4. The summed E-state index contributed by atoms with van der Waals surface area (Å²) >= 11 is 5.80. The van der Waals surface area contributed by atoms with E-state index in [4.69, 9.17) is 11.6 Å². The van der Waals surface area contributed by atoms with Gasteiger partial charge in [0, 0.05) is 24.7 Å². The summed E-state index contributed by atoms with van der Waals surface area (Å²) in [6.07, 6.45) is 1.37. The molecule has 6 nitrogen and oxygen atoms in total. The van der Waals surface area contributed by atoms with Gasteiger partial charge in [0.1, 0.15) is 5.02 Å². The van der Waals surface area contributed by atoms with Crippen molar-refractivity contribution >= 4 is 23.2 Å². The second-order valence-corrected chi connectivity index (χ2v) is 5.66. The number of benzene rings is 1. The molecule has 1 aliphatic rings. The fourth-order valence-electron chi connectivity index (χ4n) is 2.36. The standard InChI is InChI=1S/C13H15ClN2O4/c1-13(18)5-2-6-15(8-13)12(17)9-3-4-11(16(19)20)10(14)7-9/h3-4,7,18H,2,5-6,8H2,1H3. The average Bonchev–Trinajstić information content (AvgIpc) is 2.36. The number of nitrogens with zero attached hydrogens (tertiary/aromatic N) is 2. The number of nitro benzene ring substituents is 1. The molecule has 0 saturated carbocycles. The van der Waals surface area contributed by atoms with E-state index in [1.54, 1.807) is 11.8 Å². The molecule has 1 aliphatic heterocycles. The topological polar surface area (TPSA) is 83.7 Å². The number of nitro groups is 1. The van der Waals surface area contributed by atoms with Gasteiger partial charge in [0.15, 0.2) is 0 Å². The van der Waals surface area contributed by atoms with Crippen LogP contribution in [0.4, 0.5) is 5.69 Å². The summed E-state index contributed by atoms with van der Waals surface area (Å²) in [6, 6.07) is 3.90. The molecule has 0 aliphatic carbocycles. The quantitative estimate of drug-likeness (QED) is 0.670. The minimum Gasteiger partial charge on any atom is -0.388 e. The fraction of sp³-hybridized carbons (Fsp3) is 0.462. The Kier molecular flexibility index (Phi) is 3.96. The van der Waals surface area contributed by atoms with Gasteiger partial charge in [0.2, 0.25) is 0 Å². The van der Waals surface area contributed by atoms with E-state index in [9.17, 15) is 20.0 Å². The highest BCUT2D eigenvalue weighted by Crippen LogP contribution is 2.27. The van der Waals surface area contributed by atoms with Crippen molar-refractivity contribution in [3.63, 3.8) is 0 Å². The molecule has 1 atom stereocenters. The molecule has 0 spiro atoms. The number of aliphatic hydroxyl groups is 1. The van der Waals surface area contributed by atoms with Crippen molar-refractivity contribution in [3.05, 3.63) is 38.9 Å². The van der Waals surface area contributed by atoms with Crippen molar-refractivity contribution in [1.82, 2.24) is 4.90 Å². The average molecular weight is 299 g/mol. The van der Waals surface area contributed by atoms with Crippen LogP contribution in [0.1, 0.15) is 30.1 Å². The summed E-state index contributed by atoms with van der Waals surface area (Å²) in [4.78, 5) is 23.9. The van der Waals surface area contributed by atoms with Gasteiger partial charge in [-0.15, -0.1) is 0 Å². The number of β-amino-alcohol motifs (C(OH)–C–C–N with tert-alkyl or cyclic N) is 1. The normalized spacial score (nSPS) is 22.6. The first-order valence-electron chi connectivity index (χ1n) is 6.26. The zero-order valence-corrected chi connectivity index (χ0v) is 11.8. The van der Waals surface area contributed by atoms with E-state index < -0.39 is 10.5 Å². The maximum absolute atomic E-state index is 12.3. The van der Waals surface area contributed by atoms with Crippen molar-refractivity contribution in [3.8, 4) is 0 Å². The predicted octanol–water partition coefficient (Wildman–Crippen LogP) is 2.24. The maximum Gasteiger partial charge on any atom is 0.287 e. The predicted molar refractivity (Wildman–Crippen MR) is 73.9 cm³/mol. The largest absolute Gasteiger partial charge is 0.388 e. The minimum atomic E-state index is -0.890. The maximum atomic E-state index is 12.3. The van der Waals surface area contributed by atoms with E-state index in [2.05, 4.69) is 0 Å². The van der Waals surface area contributed by atoms with Gasteiger partial charge >= 0.3 is 0 Å². The molecule has 108 valence electrons. The highest BCUT2D eigenvalue weighted by molar-refractivity contribution is 6.33. The Morgan fingerprint density at radius 1 is 1.55 bits per heavy atom. The Morgan fingerprint density at radius 2 is 2.25 bits per heavy atom. The molecule has 1 fully saturated rings. The first-order valence-corrected chi connectivity index (χ1v) is 6.63. The second-order valence-electron chi connectivity index (χ2n) is 5.25. The van der Waals surface area contributed by atoms with Crippen LogP contribution in [0.3, 0.4) is 0 Å². The van der Waals surface area contributed by atoms with Crippen LogP contribution in [-0.2, 0) is 0 Å². The fourth-order valence-corrected chi connectivity index (χ4v) is 2.61. The summed E-state index contributed by atoms with van der Waals surface area (Å²) in [5, 5.41) is 20.6. The highest BCUT2D eigenvalue weighted by Gasteiger charge is 2.31. The van der Waals surface area contributed by atoms with E-state index in [-0.39, 0.29) is 23.2 Å². The Balaban J connectivity index is 2.21. The monoisotopic (exact) mass is 298 g/mol. The minimum absolute atomic E-state index is 0.0652. The van der Waals surface area contributed by atoms with Crippen LogP contribution < -0.4 is 0 Å². The van der Waals surface area contributed by atoms with Gasteiger partial charge in [0.25, 0.3) is 11.6 Å². The lowest BCUT2D eigenvalue weighted by Gasteiger charge is -2.36. The number of halogens is 1. The van der Waals surface area contributed by atoms with E-state index in [1.165, 1.54) is 18.2 Å². The summed E-state index contributed by atoms with van der Waals surface area (Å²) in [7, 11) is 0. The Hall–Kier alpha value is -1.66. The van der Waals surface area contributed by atoms with Crippen LogP contribution in [0.15, 0.2) is 18.2 Å². The number of likely N-dealkylation sites (tertiary alicyclic amines) is 1. The number of carbonyl (C=O) groups is 1. The van der Waals surface area contributed by atoms with Gasteiger partial charge in [-0.2, -0.15) is 0 Å². The van der Waals surface area contributed by atoms with Crippen LogP contribution in [0, 0.1) is 10.1 Å². The lowest BCUT2D eigenvalue weighted by atomic mass is 9.94. The molecule has 1 unspecified atom stereocenters. The van der Waals surface area contributed by atoms with Crippen molar-refractivity contribution < 1.29 is 14.8 Å². The number of hydrogen-bond acceptors (Lipinski definition) is 4. The Morgan fingerprint density at radius 3 is 2.80 bits per heavy atom. The summed E-state index contributed by atoms with van der Waals surface area (Å²) < 4.78 is 0. The lowest BCUT2D eigenvalue weighted by Crippen LogP contribution is -2.48. The number of amides is 1. The Bertz CT molecular complexity index is 559. The molecule has 1 aromatic carbocycles. The van der Waals surface area contributed by atoms with E-state index in [1.807, 2.05) is 0 Å². The number of rotatable bonds is 2. The van der Waals surface area contributed by atoms with Crippen molar-refractivity contribution in [2.24, 2.45) is 0 Å². The molecule has 1 saturated heterocycles. The Labute approximate surface area is 121 Å². The summed E-state index contributed by atoms with van der Waals surface area (Å²) in [5.74, 6) is -0.276. The first-order chi connectivity index (χ1) is 9.30. The first kappa shape index (κ1) is 14.7. The third kappa shape index (κ3) is 3.08. The molecule has 1 heterocycles. The van der Waals surface area contributed by atoms with Crippen LogP contribution in [0.2, 0.25) is 5.02 Å². The number of piperidine rings is 1. The van der Waals surface area contributed by atoms with Gasteiger partial charge < -0.3 is 10.0 Å². The number of hydrogen-bond donors (Lipinski definition) is 1. The number of carbonyl (C=O) groups excluding carboxylic acids is 1. The third-order valence-corrected chi connectivity index (χ3v) is 3.66. The van der Waals surface area contributed by atoms with Crippen molar-refractivity contribution in [1.29, 1.82) is 0 Å². The molecular weight excluding hydrogens is 284 g/mol. The van der Waals surface area contributed by atoms with Crippen LogP contribution >= 0.6 is 11.6 Å². The molecule has 0 aromatic heterocycles. The van der Waals surface area contributed by atoms with E-state index >= 15 is 0 Å². The van der Waals surface area contributed by atoms with Gasteiger partial charge in [0.05, 0.1) is 10.5 Å². The third-order valence-electron chi connectivity index (χ3n) is 3.35. The van der Waals surface area contributed by atoms with Gasteiger partial charge in [-0.3, -0.25) is 14.9 Å². The van der Waals surface area contributed by atoms with Crippen molar-refractivity contribution in [2.45, 2.75) is 25.4 Å². The molecule has 1 aromatic rings. The SMILES string of the molecule is CC1(O)CCCN(C(=O)c2ccc([N+](=O)[O-])c(Cl)c2)C1. The molecule has 0 bridgehead atoms. The highest BCUT2D eigenvalue weighted by atomic mass is 35.5. The van der Waals surface area contributed by atoms with Gasteiger partial charge in [-0.05, 0) is 31.9 Å². The van der Waals surface area contributed by atoms with Crippen LogP contribution in [0.5, 0.6) is 0 Å². The van der Waals surface area contributed by atoms with Crippen molar-refractivity contribution in [2.75, 3.05) is 13.1 Å². The zero-order chi connectivity index (χ0) is 14.9. The molecule has 7 heteroatoms. The van der Waals surface area contributed by atoms with E-state index in [0.717, 1.165) is 6.42 Å². The molecule has 1 amide bonds.